The number of rotatable bonds is 3. The van der Waals surface area contributed by atoms with Gasteiger partial charge in [0.25, 0.3) is 0 Å². The highest BCUT2D eigenvalue weighted by Crippen LogP contribution is 2.52. The molecule has 1 saturated carbocycles. The van der Waals surface area contributed by atoms with E-state index in [2.05, 4.69) is 17.5 Å². The van der Waals surface area contributed by atoms with Crippen LogP contribution < -0.4 is 5.32 Å². The summed E-state index contributed by atoms with van der Waals surface area (Å²) in [6.45, 7) is 0.272. The van der Waals surface area contributed by atoms with Crippen molar-refractivity contribution in [3.05, 3.63) is 42.5 Å². The summed E-state index contributed by atoms with van der Waals surface area (Å²) in [6.07, 6.45) is 5.21. The number of para-hydroxylation sites is 1. The van der Waals surface area contributed by atoms with Gasteiger partial charge in [-0.1, -0.05) is 30.4 Å². The average molecular weight is 268 g/mol. The molecule has 2 fully saturated rings. The smallest absolute Gasteiger partial charge is 0.235 e. The molecular weight excluding hydrogens is 252 g/mol. The largest absolute Gasteiger partial charge is 0.367 e. The van der Waals surface area contributed by atoms with Gasteiger partial charge in [-0.3, -0.25) is 14.5 Å². The number of fused-ring (bicyclic) bond motifs is 5. The van der Waals surface area contributed by atoms with E-state index in [9.17, 15) is 9.59 Å². The molecule has 0 aromatic heterocycles. The fourth-order valence-electron chi connectivity index (χ4n) is 3.85. The van der Waals surface area contributed by atoms with Crippen LogP contribution in [0.1, 0.15) is 6.42 Å². The van der Waals surface area contributed by atoms with E-state index in [4.69, 9.17) is 0 Å². The van der Waals surface area contributed by atoms with Crippen molar-refractivity contribution < 1.29 is 9.59 Å². The first-order valence-corrected chi connectivity index (χ1v) is 7.08. The van der Waals surface area contributed by atoms with Gasteiger partial charge in [0.15, 0.2) is 0 Å². The Morgan fingerprint density at radius 3 is 2.20 bits per heavy atom. The molecule has 4 heteroatoms. The number of anilines is 1. The maximum absolute atomic E-state index is 12.4. The van der Waals surface area contributed by atoms with Crippen LogP contribution >= 0.6 is 0 Å². The molecule has 102 valence electrons. The molecule has 1 saturated heterocycles. The first-order valence-electron chi connectivity index (χ1n) is 7.08. The maximum atomic E-state index is 12.4. The highest BCUT2D eigenvalue weighted by atomic mass is 16.2. The van der Waals surface area contributed by atoms with Gasteiger partial charge in [0, 0.05) is 5.69 Å². The molecule has 2 bridgehead atoms. The Hall–Kier alpha value is -2.10. The van der Waals surface area contributed by atoms with Gasteiger partial charge in [-0.25, -0.2) is 0 Å². The molecule has 4 rings (SSSR count). The summed E-state index contributed by atoms with van der Waals surface area (Å²) in [5.41, 5.74) is 0.922. The van der Waals surface area contributed by atoms with E-state index in [1.807, 2.05) is 30.3 Å². The van der Waals surface area contributed by atoms with Gasteiger partial charge in [-0.15, -0.1) is 0 Å². The fourth-order valence-corrected chi connectivity index (χ4v) is 3.85. The molecule has 20 heavy (non-hydrogen) atoms. The van der Waals surface area contributed by atoms with Gasteiger partial charge in [0.1, 0.15) is 0 Å². The van der Waals surface area contributed by atoms with Crippen LogP contribution in [0.25, 0.3) is 0 Å². The summed E-state index contributed by atoms with van der Waals surface area (Å²) < 4.78 is 0. The van der Waals surface area contributed by atoms with Gasteiger partial charge in [0.2, 0.25) is 11.8 Å². The van der Waals surface area contributed by atoms with Crippen molar-refractivity contribution >= 4 is 17.5 Å². The molecular formula is C16H16N2O2. The predicted octanol–water partition coefficient (Wildman–Crippen LogP) is 1.86. The van der Waals surface area contributed by atoms with E-state index in [0.29, 0.717) is 0 Å². The van der Waals surface area contributed by atoms with E-state index < -0.39 is 0 Å². The van der Waals surface area contributed by atoms with Gasteiger partial charge in [-0.2, -0.15) is 0 Å². The molecule has 1 aromatic carbocycles. The number of hydrogen-bond acceptors (Lipinski definition) is 3. The van der Waals surface area contributed by atoms with Crippen molar-refractivity contribution in [1.29, 1.82) is 0 Å². The number of carbonyl (C=O) groups is 2. The quantitative estimate of drug-likeness (QED) is 0.672. The van der Waals surface area contributed by atoms with E-state index in [0.717, 1.165) is 12.1 Å². The topological polar surface area (TPSA) is 49.4 Å². The van der Waals surface area contributed by atoms with Gasteiger partial charge in [0.05, 0.1) is 18.5 Å². The number of amides is 2. The summed E-state index contributed by atoms with van der Waals surface area (Å²) in [7, 11) is 0. The first-order chi connectivity index (χ1) is 9.75. The SMILES string of the molecule is O=C1[C@H]2[C@H](C(=O)N1CNc1ccccc1)[C@H]1C=C[C@H]2C1. The molecule has 1 N–H and O–H groups in total. The fraction of sp³-hybridized carbons (Fsp3) is 0.375. The number of allylic oxidation sites excluding steroid dienone is 2. The Labute approximate surface area is 117 Å². The van der Waals surface area contributed by atoms with Crippen molar-refractivity contribution in [2.45, 2.75) is 6.42 Å². The number of hydrogen-bond donors (Lipinski definition) is 1. The lowest BCUT2D eigenvalue weighted by Gasteiger charge is -2.18. The number of carbonyl (C=O) groups excluding carboxylic acids is 2. The third-order valence-electron chi connectivity index (χ3n) is 4.78. The molecule has 1 aromatic rings. The Balaban J connectivity index is 1.51. The molecule has 1 heterocycles. The van der Waals surface area contributed by atoms with Crippen molar-refractivity contribution in [2.24, 2.45) is 23.7 Å². The highest BCUT2D eigenvalue weighted by Gasteiger charge is 2.59. The number of imide groups is 1. The van der Waals surface area contributed by atoms with E-state index in [-0.39, 0.29) is 42.2 Å². The minimum atomic E-state index is -0.102. The van der Waals surface area contributed by atoms with Gasteiger partial charge >= 0.3 is 0 Å². The summed E-state index contributed by atoms with van der Waals surface area (Å²) in [5.74, 6) is 0.358. The third-order valence-corrected chi connectivity index (χ3v) is 4.78. The standard InChI is InChI=1S/C16H16N2O2/c19-15-13-10-6-7-11(8-10)14(13)16(20)18(15)9-17-12-4-2-1-3-5-12/h1-7,10-11,13-14,17H,8-9H2/t10-,11-,13+,14+/m0/s1. The molecule has 3 aliphatic rings. The summed E-state index contributed by atoms with van der Waals surface area (Å²) >= 11 is 0. The van der Waals surface area contributed by atoms with E-state index in [1.54, 1.807) is 0 Å². The van der Waals surface area contributed by atoms with Gasteiger partial charge in [-0.05, 0) is 30.4 Å². The number of nitrogens with one attached hydrogen (secondary N) is 1. The molecule has 4 nitrogen and oxygen atoms in total. The summed E-state index contributed by atoms with van der Waals surface area (Å²) in [5, 5.41) is 3.15. The zero-order chi connectivity index (χ0) is 13.7. The maximum Gasteiger partial charge on any atom is 0.235 e. The number of likely N-dealkylation sites (tertiary alicyclic amines) is 1. The van der Waals surface area contributed by atoms with Gasteiger partial charge < -0.3 is 5.32 Å². The number of nitrogens with zero attached hydrogens (tertiary/aromatic N) is 1. The van der Waals surface area contributed by atoms with Crippen LogP contribution in [0.5, 0.6) is 0 Å². The molecule has 1 aliphatic heterocycles. The lowest BCUT2D eigenvalue weighted by molar-refractivity contribution is -0.140. The molecule has 0 radical (unpaired) electrons. The molecule has 2 amide bonds. The van der Waals surface area contributed by atoms with Crippen LogP contribution in [-0.4, -0.2) is 23.4 Å². The Bertz CT molecular complexity index is 566. The lowest BCUT2D eigenvalue weighted by Crippen LogP contribution is -2.37. The van der Waals surface area contributed by atoms with Crippen LogP contribution in [-0.2, 0) is 9.59 Å². The van der Waals surface area contributed by atoms with Crippen molar-refractivity contribution in [2.75, 3.05) is 12.0 Å². The van der Waals surface area contributed by atoms with Crippen molar-refractivity contribution in [3.8, 4) is 0 Å². The summed E-state index contributed by atoms with van der Waals surface area (Å²) in [6, 6.07) is 9.64. The van der Waals surface area contributed by atoms with Crippen LogP contribution in [0.4, 0.5) is 5.69 Å². The monoisotopic (exact) mass is 268 g/mol. The second-order valence-electron chi connectivity index (χ2n) is 5.81. The lowest BCUT2D eigenvalue weighted by atomic mass is 9.85. The molecule has 0 unspecified atom stereocenters. The van der Waals surface area contributed by atoms with E-state index in [1.165, 1.54) is 4.90 Å². The van der Waals surface area contributed by atoms with Crippen LogP contribution in [0.3, 0.4) is 0 Å². The second kappa shape index (κ2) is 4.20. The Morgan fingerprint density at radius 1 is 1.00 bits per heavy atom. The van der Waals surface area contributed by atoms with E-state index >= 15 is 0 Å². The van der Waals surface area contributed by atoms with Crippen LogP contribution in [0.2, 0.25) is 0 Å². The molecule has 0 spiro atoms. The number of benzene rings is 1. The Kier molecular flexibility index (Phi) is 2.46. The zero-order valence-corrected chi connectivity index (χ0v) is 11.0. The first kappa shape index (κ1) is 11.7. The predicted molar refractivity (Wildman–Crippen MR) is 74.5 cm³/mol. The van der Waals surface area contributed by atoms with Crippen molar-refractivity contribution in [3.63, 3.8) is 0 Å². The normalized spacial score (nSPS) is 33.9. The minimum absolute atomic E-state index is 0.000260. The third kappa shape index (κ3) is 1.54. The molecule has 2 aliphatic carbocycles. The van der Waals surface area contributed by atoms with Crippen LogP contribution in [0.15, 0.2) is 42.5 Å². The zero-order valence-electron chi connectivity index (χ0n) is 11.0. The molecule has 4 atom stereocenters. The summed E-state index contributed by atoms with van der Waals surface area (Å²) in [4.78, 5) is 26.3. The average Bonchev–Trinajstić information content (AvgIpc) is 3.13. The Morgan fingerprint density at radius 2 is 1.60 bits per heavy atom. The second-order valence-corrected chi connectivity index (χ2v) is 5.81. The van der Waals surface area contributed by atoms with Crippen molar-refractivity contribution in [1.82, 2.24) is 4.90 Å². The van der Waals surface area contributed by atoms with Crippen LogP contribution in [0, 0.1) is 23.7 Å². The highest BCUT2D eigenvalue weighted by molar-refractivity contribution is 6.06. The minimum Gasteiger partial charge on any atom is -0.367 e.